The summed E-state index contributed by atoms with van der Waals surface area (Å²) in [5.74, 6) is -1.06. The van der Waals surface area contributed by atoms with Crippen molar-refractivity contribution in [1.82, 2.24) is 0 Å². The predicted octanol–water partition coefficient (Wildman–Crippen LogP) is -5.45. The van der Waals surface area contributed by atoms with Gasteiger partial charge in [-0.25, -0.2) is 4.21 Å². The molecule has 0 aromatic carbocycles. The van der Waals surface area contributed by atoms with Gasteiger partial charge in [0.15, 0.2) is 0 Å². The Labute approximate surface area is 154 Å². The summed E-state index contributed by atoms with van der Waals surface area (Å²) in [6.07, 6.45) is 0. The predicted molar refractivity (Wildman–Crippen MR) is 62.7 cm³/mol. The Morgan fingerprint density at radius 1 is 0.913 bits per heavy atom. The van der Waals surface area contributed by atoms with E-state index >= 15 is 0 Å². The molecule has 23 heavy (non-hydrogen) atoms. The van der Waals surface area contributed by atoms with E-state index in [9.17, 15) is 39.8 Å². The molecule has 0 bridgehead atoms. The van der Waals surface area contributed by atoms with E-state index < -0.39 is 55.0 Å². The summed E-state index contributed by atoms with van der Waals surface area (Å²) in [7, 11) is -4.05. The van der Waals surface area contributed by atoms with Crippen molar-refractivity contribution in [3.05, 3.63) is 30.3 Å². The zero-order valence-corrected chi connectivity index (χ0v) is 15.0. The van der Waals surface area contributed by atoms with Crippen molar-refractivity contribution in [3.63, 3.8) is 0 Å². The molecule has 1 unspecified atom stereocenters. The van der Waals surface area contributed by atoms with E-state index in [0.717, 1.165) is 0 Å². The van der Waals surface area contributed by atoms with E-state index in [2.05, 4.69) is 30.0 Å². The van der Waals surface area contributed by atoms with Crippen LogP contribution in [0, 0.1) is 35.8 Å². The van der Waals surface area contributed by atoms with Gasteiger partial charge in [-0.2, -0.15) is 0 Å². The van der Waals surface area contributed by atoms with E-state index in [4.69, 9.17) is 0 Å². The summed E-state index contributed by atoms with van der Waals surface area (Å²) in [4.78, 5) is 42.5. The van der Waals surface area contributed by atoms with Crippen molar-refractivity contribution in [1.29, 1.82) is 0 Å². The van der Waals surface area contributed by atoms with Crippen molar-refractivity contribution in [2.24, 2.45) is 5.41 Å². The van der Waals surface area contributed by atoms with Crippen molar-refractivity contribution >= 4 is 20.0 Å². The molecule has 0 heterocycles. The van der Waals surface area contributed by atoms with Crippen molar-refractivity contribution in [2.75, 3.05) is 25.6 Å². The maximum atomic E-state index is 11.5. The summed E-state index contributed by atoms with van der Waals surface area (Å²) in [5.41, 5.74) is -2.11. The molecular formula is C5H8N3NaO12S2. The third kappa shape index (κ3) is 11.1. The number of hydrogen-bond acceptors (Lipinski definition) is 13. The Balaban J connectivity index is 0. The second kappa shape index (κ2) is 10.6. The average Bonchev–Trinajstić information content (AvgIpc) is 2.40. The first-order chi connectivity index (χ1) is 10.0. The van der Waals surface area contributed by atoms with Gasteiger partial charge >= 0.3 is 29.6 Å². The minimum absolute atomic E-state index is 0. The molecule has 0 rings (SSSR count). The maximum absolute atomic E-state index is 11.5. The van der Waals surface area contributed by atoms with Crippen molar-refractivity contribution in [3.8, 4) is 0 Å². The fourth-order valence-corrected chi connectivity index (χ4v) is 3.02. The fourth-order valence-electron chi connectivity index (χ4n) is 1.22. The standard InChI is InChI=1S/C5H9N3O12S2.Na/c9-6(10)17-1-5(2-18-7(11)12,3-19-8(13)14)4-22(16,21)20-15;/h15H,1-4H2;/q;+1/p-1. The molecule has 0 aromatic heterocycles. The fraction of sp³-hybridized carbons (Fsp3) is 1.00. The van der Waals surface area contributed by atoms with Crippen LogP contribution in [0.15, 0.2) is 0 Å². The molecule has 0 aromatic rings. The molecule has 0 aliphatic rings. The zero-order valence-electron chi connectivity index (χ0n) is 11.4. The van der Waals surface area contributed by atoms with E-state index in [1.54, 1.807) is 0 Å². The van der Waals surface area contributed by atoms with Crippen LogP contribution in [0.5, 0.6) is 0 Å². The van der Waals surface area contributed by atoms with Crippen LogP contribution in [0.25, 0.3) is 0 Å². The third-order valence-corrected chi connectivity index (χ3v) is 3.71. The number of hydrogen-bond donors (Lipinski definition) is 0. The number of nitrogens with zero attached hydrogens (tertiary/aromatic N) is 3. The molecule has 0 spiro atoms. The Kier molecular flexibility index (Phi) is 11.2. The van der Waals surface area contributed by atoms with E-state index in [-0.39, 0.29) is 29.6 Å². The molecule has 15 nitrogen and oxygen atoms in total. The SMILES string of the molecule is O=[N+]([O-])OCC(CO[N+](=O)[O-])(CO[N+](=O)[O-])CS(=O)(=S)O[O-].[Na+]. The quantitative estimate of drug-likeness (QED) is 0.132. The van der Waals surface area contributed by atoms with Crippen molar-refractivity contribution in [2.45, 2.75) is 0 Å². The van der Waals surface area contributed by atoms with Crippen LogP contribution in [0.1, 0.15) is 0 Å². The Morgan fingerprint density at radius 2 is 1.22 bits per heavy atom. The van der Waals surface area contributed by atoms with Crippen LogP contribution < -0.4 is 34.8 Å². The second-order valence-electron chi connectivity index (χ2n) is 3.76. The summed E-state index contributed by atoms with van der Waals surface area (Å²) >= 11 is 4.25. The minimum Gasteiger partial charge on any atom is -0.709 e. The Morgan fingerprint density at radius 3 is 1.43 bits per heavy atom. The molecule has 0 aliphatic heterocycles. The van der Waals surface area contributed by atoms with Gasteiger partial charge in [0.1, 0.15) is 28.6 Å². The largest absolute Gasteiger partial charge is 1.00 e. The number of rotatable bonds is 12. The molecule has 18 heteroatoms. The smallest absolute Gasteiger partial charge is 0.709 e. The van der Waals surface area contributed by atoms with Crippen molar-refractivity contribution < 1.29 is 73.1 Å². The maximum Gasteiger partial charge on any atom is 1.00 e. The average molecular weight is 389 g/mol. The van der Waals surface area contributed by atoms with Gasteiger partial charge in [0, 0.05) is 11.2 Å². The van der Waals surface area contributed by atoms with Gasteiger partial charge < -0.3 is 24.1 Å². The van der Waals surface area contributed by atoms with E-state index in [0.29, 0.717) is 0 Å². The molecule has 0 amide bonds. The first kappa shape index (κ1) is 24.1. The molecule has 1 atom stereocenters. The Hall–Kier alpha value is -1.11. The second-order valence-corrected chi connectivity index (χ2v) is 6.82. The molecule has 128 valence electrons. The minimum atomic E-state index is -4.05. The van der Waals surface area contributed by atoms with E-state index in [1.165, 1.54) is 0 Å². The first-order valence-electron chi connectivity index (χ1n) is 4.88. The van der Waals surface area contributed by atoms with Crippen LogP contribution >= 0.6 is 0 Å². The van der Waals surface area contributed by atoms with Crippen LogP contribution in [-0.2, 0) is 38.8 Å². The molecule has 0 saturated heterocycles. The van der Waals surface area contributed by atoms with Gasteiger partial charge in [0.2, 0.25) is 0 Å². The van der Waals surface area contributed by atoms with E-state index in [1.807, 2.05) is 0 Å². The van der Waals surface area contributed by atoms with Crippen LogP contribution in [-0.4, -0.2) is 45.0 Å². The van der Waals surface area contributed by atoms with Crippen LogP contribution in [0.4, 0.5) is 0 Å². The summed E-state index contributed by atoms with van der Waals surface area (Å²) in [6.45, 7) is -3.25. The molecule has 0 aliphatic carbocycles. The van der Waals surface area contributed by atoms with Gasteiger partial charge in [0.25, 0.3) is 15.3 Å². The monoisotopic (exact) mass is 389 g/mol. The Bertz CT molecular complexity index is 479. The van der Waals surface area contributed by atoms with Gasteiger partial charge in [0.05, 0.1) is 11.2 Å². The van der Waals surface area contributed by atoms with Crippen LogP contribution in [0.2, 0.25) is 0 Å². The van der Waals surface area contributed by atoms with Gasteiger partial charge in [-0.3, -0.25) is 0 Å². The summed E-state index contributed by atoms with van der Waals surface area (Å²) in [5, 5.41) is 36.9. The topological polar surface area (TPSA) is 206 Å². The molecular weight excluding hydrogens is 381 g/mol. The zero-order chi connectivity index (χ0) is 17.4. The van der Waals surface area contributed by atoms with Gasteiger partial charge in [-0.15, -0.1) is 30.3 Å². The molecule has 0 N–H and O–H groups in total. The van der Waals surface area contributed by atoms with Gasteiger partial charge in [-0.1, -0.05) is 0 Å². The van der Waals surface area contributed by atoms with Gasteiger partial charge in [-0.05, 0) is 0 Å². The normalized spacial score (nSPS) is 13.1. The summed E-state index contributed by atoms with van der Waals surface area (Å²) < 4.78 is 14.7. The third-order valence-electron chi connectivity index (χ3n) is 2.02. The molecule has 0 saturated carbocycles. The first-order valence-corrected chi connectivity index (χ1v) is 7.46. The van der Waals surface area contributed by atoms with Crippen LogP contribution in [0.3, 0.4) is 0 Å². The summed E-state index contributed by atoms with van der Waals surface area (Å²) in [6, 6.07) is 0. The molecule has 0 fully saturated rings. The molecule has 0 radical (unpaired) electrons.